The topological polar surface area (TPSA) is 70.6 Å². The van der Waals surface area contributed by atoms with Gasteiger partial charge in [0.05, 0.1) is 11.5 Å². The van der Waals surface area contributed by atoms with Crippen molar-refractivity contribution < 1.29 is 13.2 Å². The average Bonchev–Trinajstić information content (AvgIpc) is 2.95. The van der Waals surface area contributed by atoms with Crippen LogP contribution in [0.2, 0.25) is 0 Å². The van der Waals surface area contributed by atoms with E-state index in [9.17, 15) is 13.2 Å². The number of aromatic nitrogens is 1. The molecule has 1 aromatic heterocycles. The number of rotatable bonds is 4. The maximum absolute atomic E-state index is 12.8. The first kappa shape index (κ1) is 18.2. The van der Waals surface area contributed by atoms with E-state index in [1.165, 1.54) is 0 Å². The van der Waals surface area contributed by atoms with E-state index in [4.69, 9.17) is 0 Å². The summed E-state index contributed by atoms with van der Waals surface area (Å²) >= 11 is 0. The third kappa shape index (κ3) is 4.14. The van der Waals surface area contributed by atoms with Crippen LogP contribution in [0.4, 0.5) is 5.69 Å². The minimum atomic E-state index is -2.94. The number of likely N-dealkylation sites (tertiary alicyclic amines) is 1. The highest BCUT2D eigenvalue weighted by atomic mass is 32.2. The number of hydrogen-bond donors (Lipinski definition) is 0. The van der Waals surface area contributed by atoms with Crippen LogP contribution in [-0.2, 0) is 9.84 Å². The number of carbonyl (C=O) groups excluding carboxylic acids is 1. The van der Waals surface area contributed by atoms with Crippen molar-refractivity contribution in [3.05, 3.63) is 24.0 Å². The number of pyridine rings is 1. The van der Waals surface area contributed by atoms with E-state index in [0.29, 0.717) is 24.6 Å². The molecule has 3 heterocycles. The molecule has 3 rings (SSSR count). The Kier molecular flexibility index (Phi) is 5.32. The zero-order chi connectivity index (χ0) is 18.0. The fourth-order valence-electron chi connectivity index (χ4n) is 3.92. The van der Waals surface area contributed by atoms with Crippen molar-refractivity contribution in [2.75, 3.05) is 36.0 Å². The Hall–Kier alpha value is -1.63. The number of sulfone groups is 1. The van der Waals surface area contributed by atoms with Crippen LogP contribution >= 0.6 is 0 Å². The molecule has 0 radical (unpaired) electrons. The fourth-order valence-corrected chi connectivity index (χ4v) is 5.65. The molecule has 2 aliphatic heterocycles. The molecule has 0 saturated carbocycles. The van der Waals surface area contributed by atoms with E-state index in [-0.39, 0.29) is 23.5 Å². The molecule has 0 aromatic carbocycles. The van der Waals surface area contributed by atoms with Gasteiger partial charge in [0.1, 0.15) is 5.69 Å². The van der Waals surface area contributed by atoms with Gasteiger partial charge in [-0.05, 0) is 44.2 Å². The molecule has 7 heteroatoms. The Morgan fingerprint density at radius 3 is 2.84 bits per heavy atom. The van der Waals surface area contributed by atoms with Gasteiger partial charge in [-0.25, -0.2) is 8.42 Å². The summed E-state index contributed by atoms with van der Waals surface area (Å²) in [6.07, 6.45) is 4.50. The highest BCUT2D eigenvalue weighted by molar-refractivity contribution is 7.91. The normalized spacial score (nSPS) is 25.8. The van der Waals surface area contributed by atoms with Crippen molar-refractivity contribution in [3.63, 3.8) is 0 Å². The highest BCUT2D eigenvalue weighted by Gasteiger charge is 2.32. The Balaban J connectivity index is 1.79. The molecule has 2 atom stereocenters. The summed E-state index contributed by atoms with van der Waals surface area (Å²) in [4.78, 5) is 21.0. The quantitative estimate of drug-likeness (QED) is 0.816. The Labute approximate surface area is 150 Å². The lowest BCUT2D eigenvalue weighted by atomic mass is 10.00. The number of amides is 1. The summed E-state index contributed by atoms with van der Waals surface area (Å²) in [6, 6.07) is 3.66. The van der Waals surface area contributed by atoms with Gasteiger partial charge in [-0.2, -0.15) is 0 Å². The third-order valence-electron chi connectivity index (χ3n) is 5.23. The molecule has 2 fully saturated rings. The predicted molar refractivity (Wildman–Crippen MR) is 98.6 cm³/mol. The van der Waals surface area contributed by atoms with Gasteiger partial charge >= 0.3 is 0 Å². The predicted octanol–water partition coefficient (Wildman–Crippen LogP) is 1.97. The van der Waals surface area contributed by atoms with Crippen molar-refractivity contribution in [1.82, 2.24) is 9.88 Å². The summed E-state index contributed by atoms with van der Waals surface area (Å²) in [5.74, 6) is 0.937. The van der Waals surface area contributed by atoms with Crippen LogP contribution in [0.15, 0.2) is 18.3 Å². The molecule has 2 saturated heterocycles. The molecule has 2 aliphatic rings. The van der Waals surface area contributed by atoms with E-state index in [0.717, 1.165) is 31.6 Å². The van der Waals surface area contributed by atoms with Crippen LogP contribution in [0, 0.1) is 5.92 Å². The van der Waals surface area contributed by atoms with E-state index < -0.39 is 9.84 Å². The molecule has 0 spiro atoms. The Morgan fingerprint density at radius 1 is 1.40 bits per heavy atom. The van der Waals surface area contributed by atoms with Crippen molar-refractivity contribution in [1.29, 1.82) is 0 Å². The third-order valence-corrected chi connectivity index (χ3v) is 6.98. The lowest BCUT2D eigenvalue weighted by Crippen LogP contribution is -2.40. The molecule has 0 aliphatic carbocycles. The SMILES string of the molecule is CCN(c1ccnc(C(=O)N2CCCC(C)C2)c1)C1CCS(=O)(=O)C1. The van der Waals surface area contributed by atoms with Gasteiger partial charge in [-0.1, -0.05) is 6.92 Å². The van der Waals surface area contributed by atoms with Crippen molar-refractivity contribution in [2.24, 2.45) is 5.92 Å². The zero-order valence-electron chi connectivity index (χ0n) is 15.0. The molecule has 0 bridgehead atoms. The first-order valence-electron chi connectivity index (χ1n) is 9.12. The van der Waals surface area contributed by atoms with Gasteiger partial charge in [-0.3, -0.25) is 9.78 Å². The maximum atomic E-state index is 12.8. The minimum Gasteiger partial charge on any atom is -0.368 e. The van der Waals surface area contributed by atoms with Gasteiger partial charge < -0.3 is 9.80 Å². The Bertz CT molecular complexity index is 735. The van der Waals surface area contributed by atoms with Crippen LogP contribution < -0.4 is 4.90 Å². The second-order valence-corrected chi connectivity index (χ2v) is 9.47. The fraction of sp³-hybridized carbons (Fsp3) is 0.667. The smallest absolute Gasteiger partial charge is 0.272 e. The molecule has 138 valence electrons. The van der Waals surface area contributed by atoms with Crippen LogP contribution in [0.3, 0.4) is 0 Å². The number of nitrogens with zero attached hydrogens (tertiary/aromatic N) is 3. The number of hydrogen-bond acceptors (Lipinski definition) is 5. The van der Waals surface area contributed by atoms with E-state index in [1.807, 2.05) is 24.0 Å². The number of anilines is 1. The molecule has 1 amide bonds. The molecular formula is C18H27N3O3S. The van der Waals surface area contributed by atoms with Crippen molar-refractivity contribution in [3.8, 4) is 0 Å². The van der Waals surface area contributed by atoms with Gasteiger partial charge in [0.15, 0.2) is 9.84 Å². The van der Waals surface area contributed by atoms with Gasteiger partial charge in [0.25, 0.3) is 5.91 Å². The van der Waals surface area contributed by atoms with E-state index in [1.54, 1.807) is 6.20 Å². The average molecular weight is 365 g/mol. The largest absolute Gasteiger partial charge is 0.368 e. The minimum absolute atomic E-state index is 0.0182. The molecule has 25 heavy (non-hydrogen) atoms. The van der Waals surface area contributed by atoms with Crippen LogP contribution in [0.1, 0.15) is 43.6 Å². The van der Waals surface area contributed by atoms with Crippen molar-refractivity contribution in [2.45, 2.75) is 39.2 Å². The zero-order valence-corrected chi connectivity index (χ0v) is 15.8. The molecule has 0 N–H and O–H groups in total. The van der Waals surface area contributed by atoms with Crippen LogP contribution in [0.25, 0.3) is 0 Å². The van der Waals surface area contributed by atoms with Gasteiger partial charge in [0.2, 0.25) is 0 Å². The summed E-state index contributed by atoms with van der Waals surface area (Å²) in [5.41, 5.74) is 1.33. The van der Waals surface area contributed by atoms with Crippen molar-refractivity contribution >= 4 is 21.4 Å². The Morgan fingerprint density at radius 2 is 2.20 bits per heavy atom. The lowest BCUT2D eigenvalue weighted by Gasteiger charge is -2.32. The summed E-state index contributed by atoms with van der Waals surface area (Å²) in [7, 11) is -2.94. The second-order valence-electron chi connectivity index (χ2n) is 7.24. The van der Waals surface area contributed by atoms with Gasteiger partial charge in [-0.15, -0.1) is 0 Å². The van der Waals surface area contributed by atoms with E-state index in [2.05, 4.69) is 16.8 Å². The standard InChI is InChI=1S/C18H27N3O3S/c1-3-21(16-7-10-25(23,24)13-16)15-6-8-19-17(11-15)18(22)20-9-4-5-14(2)12-20/h6,8,11,14,16H,3-5,7,9-10,12-13H2,1-2H3. The number of piperidine rings is 1. The summed E-state index contributed by atoms with van der Waals surface area (Å²) < 4.78 is 23.6. The first-order valence-corrected chi connectivity index (χ1v) is 10.9. The highest BCUT2D eigenvalue weighted by Crippen LogP contribution is 2.25. The molecule has 2 unspecified atom stereocenters. The molecule has 1 aromatic rings. The first-order chi connectivity index (χ1) is 11.9. The number of carbonyl (C=O) groups is 1. The molecular weight excluding hydrogens is 338 g/mol. The molecule has 6 nitrogen and oxygen atoms in total. The monoisotopic (exact) mass is 365 g/mol. The van der Waals surface area contributed by atoms with Gasteiger partial charge in [0, 0.05) is 37.6 Å². The summed E-state index contributed by atoms with van der Waals surface area (Å²) in [5, 5.41) is 0. The van der Waals surface area contributed by atoms with Crippen LogP contribution in [0.5, 0.6) is 0 Å². The summed E-state index contributed by atoms with van der Waals surface area (Å²) in [6.45, 7) is 6.46. The van der Waals surface area contributed by atoms with Crippen LogP contribution in [-0.4, -0.2) is 61.4 Å². The van der Waals surface area contributed by atoms with E-state index >= 15 is 0 Å². The second kappa shape index (κ2) is 7.32. The lowest BCUT2D eigenvalue weighted by molar-refractivity contribution is 0.0677. The maximum Gasteiger partial charge on any atom is 0.272 e.